The highest BCUT2D eigenvalue weighted by Gasteiger charge is 2.09. The summed E-state index contributed by atoms with van der Waals surface area (Å²) in [4.78, 5) is 7.71. The number of anilines is 1. The molecule has 1 heterocycles. The minimum atomic E-state index is -0.451. The number of nitrogens with two attached hydrogens (primary N) is 1. The van der Waals surface area contributed by atoms with Crippen LogP contribution in [-0.4, -0.2) is 22.6 Å². The Morgan fingerprint density at radius 2 is 1.83 bits per heavy atom. The molecule has 0 amide bonds. The van der Waals surface area contributed by atoms with Crippen LogP contribution in [0, 0.1) is 5.82 Å². The molecule has 0 aliphatic heterocycles. The molecule has 5 heteroatoms. The summed E-state index contributed by atoms with van der Waals surface area (Å²) in [5.41, 5.74) is 6.89. The average molecular weight is 246 g/mol. The number of hydrogen-bond donors (Lipinski definition) is 2. The van der Waals surface area contributed by atoms with Crippen molar-refractivity contribution < 1.29 is 4.39 Å². The highest BCUT2D eigenvalue weighted by atomic mass is 19.1. The van der Waals surface area contributed by atoms with Crippen LogP contribution in [0.2, 0.25) is 0 Å². The first-order valence-corrected chi connectivity index (χ1v) is 5.76. The molecule has 0 spiro atoms. The minimum Gasteiger partial charge on any atom is -0.350 e. The van der Waals surface area contributed by atoms with Crippen molar-refractivity contribution in [3.63, 3.8) is 0 Å². The molecular formula is C13H15FN4. The van der Waals surface area contributed by atoms with Gasteiger partial charge in [0, 0.05) is 12.6 Å². The van der Waals surface area contributed by atoms with E-state index in [1.807, 2.05) is 30.3 Å². The topological polar surface area (TPSA) is 63.8 Å². The number of hydrogen-bond acceptors (Lipinski definition) is 4. The van der Waals surface area contributed by atoms with Crippen LogP contribution >= 0.6 is 0 Å². The predicted octanol–water partition coefficient (Wildman–Crippen LogP) is 1.60. The molecule has 0 bridgehead atoms. The van der Waals surface area contributed by atoms with E-state index in [-0.39, 0.29) is 6.04 Å². The molecule has 0 saturated carbocycles. The number of nitrogens with one attached hydrogen (secondary N) is 1. The molecule has 18 heavy (non-hydrogen) atoms. The van der Waals surface area contributed by atoms with Gasteiger partial charge in [0.2, 0.25) is 5.95 Å². The van der Waals surface area contributed by atoms with Gasteiger partial charge in [0.1, 0.15) is 0 Å². The van der Waals surface area contributed by atoms with Gasteiger partial charge in [0.15, 0.2) is 5.82 Å². The fourth-order valence-electron chi connectivity index (χ4n) is 1.66. The smallest absolute Gasteiger partial charge is 0.223 e. The summed E-state index contributed by atoms with van der Waals surface area (Å²) in [7, 11) is 0. The first-order chi connectivity index (χ1) is 8.78. The first-order valence-electron chi connectivity index (χ1n) is 5.76. The lowest BCUT2D eigenvalue weighted by Crippen LogP contribution is -2.31. The van der Waals surface area contributed by atoms with Crippen molar-refractivity contribution in [2.45, 2.75) is 12.5 Å². The van der Waals surface area contributed by atoms with Crippen LogP contribution in [0.4, 0.5) is 10.3 Å². The van der Waals surface area contributed by atoms with Crippen LogP contribution < -0.4 is 11.1 Å². The number of aromatic nitrogens is 2. The molecule has 4 nitrogen and oxygen atoms in total. The van der Waals surface area contributed by atoms with Gasteiger partial charge in [0.25, 0.3) is 0 Å². The molecule has 1 atom stereocenters. The molecule has 0 fully saturated rings. The quantitative estimate of drug-likeness (QED) is 0.841. The fraction of sp³-hybridized carbons (Fsp3) is 0.231. The summed E-state index contributed by atoms with van der Waals surface area (Å²) in [5.74, 6) is -0.0595. The molecule has 1 unspecified atom stereocenters. The van der Waals surface area contributed by atoms with Crippen molar-refractivity contribution in [2.75, 3.05) is 11.9 Å². The SMILES string of the molecule is NCC(Cc1ccccc1)Nc1ncc(F)cn1. The molecule has 3 N–H and O–H groups in total. The number of rotatable bonds is 5. The second kappa shape index (κ2) is 6.07. The molecule has 2 aromatic rings. The lowest BCUT2D eigenvalue weighted by molar-refractivity contribution is 0.612. The van der Waals surface area contributed by atoms with Gasteiger partial charge >= 0.3 is 0 Å². The van der Waals surface area contributed by atoms with Crippen molar-refractivity contribution in [1.29, 1.82) is 0 Å². The minimum absolute atomic E-state index is 0.0258. The van der Waals surface area contributed by atoms with Gasteiger partial charge in [-0.05, 0) is 12.0 Å². The summed E-state index contributed by atoms with van der Waals surface area (Å²) >= 11 is 0. The van der Waals surface area contributed by atoms with Crippen molar-refractivity contribution in [3.8, 4) is 0 Å². The first kappa shape index (κ1) is 12.4. The predicted molar refractivity (Wildman–Crippen MR) is 68.6 cm³/mol. The van der Waals surface area contributed by atoms with E-state index in [0.717, 1.165) is 18.8 Å². The van der Waals surface area contributed by atoms with E-state index in [1.165, 1.54) is 5.56 Å². The van der Waals surface area contributed by atoms with E-state index in [9.17, 15) is 4.39 Å². The molecule has 94 valence electrons. The number of benzene rings is 1. The van der Waals surface area contributed by atoms with Crippen LogP contribution in [0.5, 0.6) is 0 Å². The fourth-order valence-corrected chi connectivity index (χ4v) is 1.66. The number of nitrogens with zero attached hydrogens (tertiary/aromatic N) is 2. The summed E-state index contributed by atoms with van der Waals surface area (Å²) in [5, 5.41) is 3.09. The Kier molecular flexibility index (Phi) is 4.20. The van der Waals surface area contributed by atoms with E-state index < -0.39 is 5.82 Å². The second-order valence-electron chi connectivity index (χ2n) is 3.99. The molecular weight excluding hydrogens is 231 g/mol. The Morgan fingerprint density at radius 3 is 2.44 bits per heavy atom. The summed E-state index contributed by atoms with van der Waals surface area (Å²) in [6.07, 6.45) is 3.04. The van der Waals surface area contributed by atoms with Crippen molar-refractivity contribution >= 4 is 5.95 Å². The van der Waals surface area contributed by atoms with Gasteiger partial charge in [-0.25, -0.2) is 14.4 Å². The van der Waals surface area contributed by atoms with E-state index in [2.05, 4.69) is 15.3 Å². The monoisotopic (exact) mass is 246 g/mol. The van der Waals surface area contributed by atoms with E-state index >= 15 is 0 Å². The molecule has 0 aliphatic carbocycles. The Hall–Kier alpha value is -2.01. The van der Waals surface area contributed by atoms with Gasteiger partial charge in [-0.1, -0.05) is 30.3 Å². The third-order valence-electron chi connectivity index (χ3n) is 2.56. The molecule has 1 aromatic carbocycles. The lowest BCUT2D eigenvalue weighted by atomic mass is 10.1. The average Bonchev–Trinajstić information content (AvgIpc) is 2.41. The summed E-state index contributed by atoms with van der Waals surface area (Å²) in [6, 6.07) is 10.0. The molecule has 0 saturated heterocycles. The maximum absolute atomic E-state index is 12.7. The molecule has 0 radical (unpaired) electrons. The summed E-state index contributed by atoms with van der Waals surface area (Å²) in [6.45, 7) is 0.454. The molecule has 1 aromatic heterocycles. The Labute approximate surface area is 105 Å². The highest BCUT2D eigenvalue weighted by Crippen LogP contribution is 2.06. The lowest BCUT2D eigenvalue weighted by Gasteiger charge is -2.16. The van der Waals surface area contributed by atoms with Crippen molar-refractivity contribution in [2.24, 2.45) is 5.73 Å². The van der Waals surface area contributed by atoms with Crippen molar-refractivity contribution in [3.05, 3.63) is 54.1 Å². The zero-order valence-corrected chi connectivity index (χ0v) is 9.88. The van der Waals surface area contributed by atoms with Crippen LogP contribution in [0.15, 0.2) is 42.7 Å². The van der Waals surface area contributed by atoms with Crippen LogP contribution in [0.3, 0.4) is 0 Å². The van der Waals surface area contributed by atoms with Gasteiger partial charge < -0.3 is 11.1 Å². The van der Waals surface area contributed by atoms with Crippen LogP contribution in [-0.2, 0) is 6.42 Å². The van der Waals surface area contributed by atoms with Crippen LogP contribution in [0.1, 0.15) is 5.56 Å². The maximum atomic E-state index is 12.7. The molecule has 2 rings (SSSR count). The van der Waals surface area contributed by atoms with E-state index in [1.54, 1.807) is 0 Å². The zero-order valence-electron chi connectivity index (χ0n) is 9.88. The molecule has 0 aliphatic rings. The third kappa shape index (κ3) is 3.49. The standard InChI is InChI=1S/C13H15FN4/c14-11-8-16-13(17-9-11)18-12(7-15)6-10-4-2-1-3-5-10/h1-5,8-9,12H,6-7,15H2,(H,16,17,18). The Balaban J connectivity index is 1.99. The van der Waals surface area contributed by atoms with Gasteiger partial charge in [0.05, 0.1) is 12.4 Å². The Morgan fingerprint density at radius 1 is 1.17 bits per heavy atom. The Bertz CT molecular complexity index is 472. The maximum Gasteiger partial charge on any atom is 0.223 e. The van der Waals surface area contributed by atoms with E-state index in [0.29, 0.717) is 12.5 Å². The largest absolute Gasteiger partial charge is 0.350 e. The third-order valence-corrected chi connectivity index (χ3v) is 2.56. The van der Waals surface area contributed by atoms with Gasteiger partial charge in [-0.3, -0.25) is 0 Å². The van der Waals surface area contributed by atoms with Crippen molar-refractivity contribution in [1.82, 2.24) is 9.97 Å². The highest BCUT2D eigenvalue weighted by molar-refractivity contribution is 5.27. The van der Waals surface area contributed by atoms with E-state index in [4.69, 9.17) is 5.73 Å². The second-order valence-corrected chi connectivity index (χ2v) is 3.99. The zero-order chi connectivity index (χ0) is 12.8. The van der Waals surface area contributed by atoms with Crippen LogP contribution in [0.25, 0.3) is 0 Å². The van der Waals surface area contributed by atoms with Gasteiger partial charge in [-0.2, -0.15) is 0 Å². The van der Waals surface area contributed by atoms with Gasteiger partial charge in [-0.15, -0.1) is 0 Å². The normalized spacial score (nSPS) is 12.1. The summed E-state index contributed by atoms with van der Waals surface area (Å²) < 4.78 is 12.7. The number of halogens is 1.